The number of carbonyl (C=O) groups excluding carboxylic acids is 3. The summed E-state index contributed by atoms with van der Waals surface area (Å²) in [5, 5.41) is 4.45. The predicted octanol–water partition coefficient (Wildman–Crippen LogP) is 1.13. The number of hydrogen-bond donors (Lipinski definition) is 2. The van der Waals surface area contributed by atoms with Gasteiger partial charge in [-0.3, -0.25) is 19.4 Å². The van der Waals surface area contributed by atoms with Crippen molar-refractivity contribution >= 4 is 34.7 Å². The van der Waals surface area contributed by atoms with Gasteiger partial charge in [0.15, 0.2) is 0 Å². The van der Waals surface area contributed by atoms with Crippen LogP contribution in [-0.2, 0) is 4.79 Å². The van der Waals surface area contributed by atoms with Crippen LogP contribution in [0.5, 0.6) is 0 Å². The minimum atomic E-state index is -0.423. The molecule has 3 heterocycles. The van der Waals surface area contributed by atoms with E-state index in [1.807, 2.05) is 0 Å². The molecule has 1 saturated heterocycles. The maximum atomic E-state index is 12.7. The Morgan fingerprint density at radius 2 is 2.00 bits per heavy atom. The standard InChI is InChI=1S/C16H17N5O3S/c17-14(22)10-1-6-21(7-2-10)16(24)13-11(3-8-25-13)20-15(23)12-9-18-4-5-19-12/h3-5,8-10H,1-2,6-7H2,(H2,17,22)(H,20,23). The second kappa shape index (κ2) is 7.39. The Morgan fingerprint density at radius 3 is 2.64 bits per heavy atom. The lowest BCUT2D eigenvalue weighted by Gasteiger charge is -2.30. The van der Waals surface area contributed by atoms with Crippen LogP contribution in [0, 0.1) is 5.92 Å². The molecular formula is C16H17N5O3S. The summed E-state index contributed by atoms with van der Waals surface area (Å²) in [6.45, 7) is 0.948. The molecule has 3 rings (SSSR count). The van der Waals surface area contributed by atoms with Crippen molar-refractivity contribution in [3.63, 3.8) is 0 Å². The van der Waals surface area contributed by atoms with E-state index in [9.17, 15) is 14.4 Å². The number of amides is 3. The van der Waals surface area contributed by atoms with E-state index in [-0.39, 0.29) is 23.4 Å². The molecule has 0 bridgehead atoms. The summed E-state index contributed by atoms with van der Waals surface area (Å²) in [6, 6.07) is 1.68. The quantitative estimate of drug-likeness (QED) is 0.848. The van der Waals surface area contributed by atoms with Crippen LogP contribution in [0.4, 0.5) is 5.69 Å². The molecule has 25 heavy (non-hydrogen) atoms. The average Bonchev–Trinajstić information content (AvgIpc) is 3.10. The van der Waals surface area contributed by atoms with E-state index >= 15 is 0 Å². The first-order valence-electron chi connectivity index (χ1n) is 7.79. The summed E-state index contributed by atoms with van der Waals surface area (Å²) >= 11 is 1.26. The van der Waals surface area contributed by atoms with Crippen molar-refractivity contribution in [1.82, 2.24) is 14.9 Å². The van der Waals surface area contributed by atoms with Gasteiger partial charge in [0.05, 0.1) is 11.9 Å². The van der Waals surface area contributed by atoms with Crippen LogP contribution in [0.25, 0.3) is 0 Å². The topological polar surface area (TPSA) is 118 Å². The summed E-state index contributed by atoms with van der Waals surface area (Å²) in [5.41, 5.74) is 5.94. The van der Waals surface area contributed by atoms with E-state index in [4.69, 9.17) is 5.73 Å². The zero-order valence-corrected chi connectivity index (χ0v) is 14.2. The Balaban J connectivity index is 1.68. The highest BCUT2D eigenvalue weighted by Gasteiger charge is 2.28. The molecule has 2 aromatic heterocycles. The molecule has 0 aromatic carbocycles. The average molecular weight is 359 g/mol. The molecule has 0 saturated carbocycles. The minimum Gasteiger partial charge on any atom is -0.369 e. The predicted molar refractivity (Wildman–Crippen MR) is 92.1 cm³/mol. The third kappa shape index (κ3) is 3.82. The number of rotatable bonds is 4. The second-order valence-corrected chi connectivity index (χ2v) is 6.59. The molecule has 2 aromatic rings. The highest BCUT2D eigenvalue weighted by Crippen LogP contribution is 2.27. The van der Waals surface area contributed by atoms with Crippen LogP contribution in [0.3, 0.4) is 0 Å². The number of nitrogens with two attached hydrogens (primary N) is 1. The number of likely N-dealkylation sites (tertiary alicyclic amines) is 1. The summed E-state index contributed by atoms with van der Waals surface area (Å²) in [4.78, 5) is 46.1. The van der Waals surface area contributed by atoms with Gasteiger partial charge in [-0.2, -0.15) is 0 Å². The van der Waals surface area contributed by atoms with Crippen molar-refractivity contribution < 1.29 is 14.4 Å². The van der Waals surface area contributed by atoms with Gasteiger partial charge in [0.1, 0.15) is 10.6 Å². The molecule has 0 unspecified atom stereocenters. The maximum absolute atomic E-state index is 12.7. The molecule has 0 atom stereocenters. The smallest absolute Gasteiger partial charge is 0.275 e. The summed E-state index contributed by atoms with van der Waals surface area (Å²) < 4.78 is 0. The summed E-state index contributed by atoms with van der Waals surface area (Å²) in [5.74, 6) is -1.08. The fourth-order valence-corrected chi connectivity index (χ4v) is 3.50. The minimum absolute atomic E-state index is 0.160. The normalized spacial score (nSPS) is 15.0. The van der Waals surface area contributed by atoms with E-state index in [0.717, 1.165) is 0 Å². The second-order valence-electron chi connectivity index (χ2n) is 5.68. The molecule has 0 spiro atoms. The van der Waals surface area contributed by atoms with Crippen molar-refractivity contribution in [2.75, 3.05) is 18.4 Å². The highest BCUT2D eigenvalue weighted by molar-refractivity contribution is 7.12. The maximum Gasteiger partial charge on any atom is 0.275 e. The third-order valence-electron chi connectivity index (χ3n) is 4.09. The molecule has 1 aliphatic heterocycles. The fraction of sp³-hybridized carbons (Fsp3) is 0.312. The Kier molecular flexibility index (Phi) is 5.03. The highest BCUT2D eigenvalue weighted by atomic mass is 32.1. The van der Waals surface area contributed by atoms with Gasteiger partial charge in [0, 0.05) is 31.4 Å². The Labute approximate surface area is 148 Å². The molecule has 0 radical (unpaired) electrons. The fourth-order valence-electron chi connectivity index (χ4n) is 2.69. The number of thiophene rings is 1. The number of hydrogen-bond acceptors (Lipinski definition) is 6. The molecular weight excluding hydrogens is 342 g/mol. The molecule has 8 nitrogen and oxygen atoms in total. The summed E-state index contributed by atoms with van der Waals surface area (Å²) in [6.07, 6.45) is 5.39. The van der Waals surface area contributed by atoms with Gasteiger partial charge < -0.3 is 16.0 Å². The molecule has 3 amide bonds. The molecule has 0 aliphatic carbocycles. The zero-order valence-electron chi connectivity index (χ0n) is 13.3. The number of nitrogens with one attached hydrogen (secondary N) is 1. The first kappa shape index (κ1) is 17.0. The first-order valence-corrected chi connectivity index (χ1v) is 8.67. The van der Waals surface area contributed by atoms with E-state index in [1.54, 1.807) is 16.3 Å². The number of nitrogens with zero attached hydrogens (tertiary/aromatic N) is 3. The molecule has 9 heteroatoms. The van der Waals surface area contributed by atoms with E-state index in [2.05, 4.69) is 15.3 Å². The van der Waals surface area contributed by atoms with Gasteiger partial charge in [-0.05, 0) is 24.3 Å². The Morgan fingerprint density at radius 1 is 1.24 bits per heavy atom. The van der Waals surface area contributed by atoms with Crippen molar-refractivity contribution in [2.45, 2.75) is 12.8 Å². The Bertz CT molecular complexity index is 784. The van der Waals surface area contributed by atoms with Crippen molar-refractivity contribution in [3.05, 3.63) is 40.6 Å². The number of piperidine rings is 1. The van der Waals surface area contributed by atoms with Crippen LogP contribution < -0.4 is 11.1 Å². The third-order valence-corrected chi connectivity index (χ3v) is 4.99. The van der Waals surface area contributed by atoms with Crippen LogP contribution in [-0.4, -0.2) is 45.7 Å². The lowest BCUT2D eigenvalue weighted by atomic mass is 9.96. The number of carbonyl (C=O) groups is 3. The van der Waals surface area contributed by atoms with Gasteiger partial charge >= 0.3 is 0 Å². The van der Waals surface area contributed by atoms with Crippen molar-refractivity contribution in [1.29, 1.82) is 0 Å². The number of anilines is 1. The SMILES string of the molecule is NC(=O)C1CCN(C(=O)c2sccc2NC(=O)c2cnccn2)CC1. The van der Waals surface area contributed by atoms with Gasteiger partial charge in [-0.1, -0.05) is 0 Å². The zero-order chi connectivity index (χ0) is 17.8. The monoisotopic (exact) mass is 359 g/mol. The molecule has 3 N–H and O–H groups in total. The van der Waals surface area contributed by atoms with Crippen molar-refractivity contribution in [2.24, 2.45) is 11.7 Å². The van der Waals surface area contributed by atoms with E-state index < -0.39 is 5.91 Å². The lowest BCUT2D eigenvalue weighted by molar-refractivity contribution is -0.123. The largest absolute Gasteiger partial charge is 0.369 e. The van der Waals surface area contributed by atoms with Crippen LogP contribution in [0.15, 0.2) is 30.0 Å². The number of aromatic nitrogens is 2. The summed E-state index contributed by atoms with van der Waals surface area (Å²) in [7, 11) is 0. The van der Waals surface area contributed by atoms with Crippen LogP contribution in [0.2, 0.25) is 0 Å². The van der Waals surface area contributed by atoms with Gasteiger partial charge in [0.25, 0.3) is 11.8 Å². The first-order chi connectivity index (χ1) is 12.1. The van der Waals surface area contributed by atoms with Crippen LogP contribution in [0.1, 0.15) is 33.0 Å². The van der Waals surface area contributed by atoms with Gasteiger partial charge in [0.2, 0.25) is 5.91 Å². The lowest BCUT2D eigenvalue weighted by Crippen LogP contribution is -2.41. The molecule has 1 fully saturated rings. The van der Waals surface area contributed by atoms with E-state index in [1.165, 1.54) is 29.9 Å². The molecule has 1 aliphatic rings. The van der Waals surface area contributed by atoms with Crippen LogP contribution >= 0.6 is 11.3 Å². The number of primary amides is 1. The van der Waals surface area contributed by atoms with Gasteiger partial charge in [-0.15, -0.1) is 11.3 Å². The Hall–Kier alpha value is -2.81. The molecule has 130 valence electrons. The van der Waals surface area contributed by atoms with E-state index in [0.29, 0.717) is 36.5 Å². The van der Waals surface area contributed by atoms with Gasteiger partial charge in [-0.25, -0.2) is 4.98 Å². The van der Waals surface area contributed by atoms with Crippen molar-refractivity contribution in [3.8, 4) is 0 Å².